The van der Waals surface area contributed by atoms with E-state index in [0.717, 1.165) is 45.4 Å². The van der Waals surface area contributed by atoms with E-state index in [0.29, 0.717) is 23.6 Å². The Morgan fingerprint density at radius 3 is 1.72 bits per heavy atom. The molecular formula is C52H52N4O2. The molecule has 2 heterocycles. The fraction of sp³-hybridized carbons (Fsp3) is 0.269. The zero-order chi connectivity index (χ0) is 41.0. The van der Waals surface area contributed by atoms with Crippen molar-refractivity contribution in [2.45, 2.75) is 90.4 Å². The largest absolute Gasteiger partial charge is 0.416 e. The predicted octanol–water partition coefficient (Wildman–Crippen LogP) is 13.2. The molecule has 2 atom stereocenters. The fourth-order valence-corrected chi connectivity index (χ4v) is 8.68. The smallest absolute Gasteiger partial charge is 0.248 e. The molecule has 0 fully saturated rings. The maximum Gasteiger partial charge on any atom is 0.248 e. The number of allylic oxidation sites excluding steroid dienone is 9. The van der Waals surface area contributed by atoms with Gasteiger partial charge in [0.1, 0.15) is 0 Å². The molecule has 0 saturated heterocycles. The van der Waals surface area contributed by atoms with E-state index in [1.807, 2.05) is 12.2 Å². The standard InChI is InChI=1S/C52H52N4O2/c1-11-12-13-16-33(2)40-28-23-36(47-55-53-45(57-47)34-19-24-38(25-20-34)49(3,4)5)31-43(40)52(10)42-18-15-14-17-41(42)51(9)30-29-37(32-44(51)52)48-56-54-46(58-48)35-21-26-39(27-22-35)50(6,7)8/h11-29,31-32H,1,30H2,2-10H3/b13-12-,33-16+. The third-order valence-corrected chi connectivity index (χ3v) is 12.1. The molecule has 2 unspecified atom stereocenters. The van der Waals surface area contributed by atoms with Crippen molar-refractivity contribution >= 4 is 11.1 Å². The lowest BCUT2D eigenvalue weighted by Crippen LogP contribution is -2.31. The Balaban J connectivity index is 1.25. The lowest BCUT2D eigenvalue weighted by Gasteiger charge is -2.38. The number of aromatic nitrogens is 4. The first-order valence-corrected chi connectivity index (χ1v) is 20.1. The van der Waals surface area contributed by atoms with Crippen LogP contribution in [0.15, 0.2) is 148 Å². The van der Waals surface area contributed by atoms with Crippen molar-refractivity contribution in [1.82, 2.24) is 20.4 Å². The maximum atomic E-state index is 6.44. The molecule has 2 aliphatic carbocycles. The summed E-state index contributed by atoms with van der Waals surface area (Å²) in [6.45, 7) is 24.0. The van der Waals surface area contributed by atoms with Gasteiger partial charge in [-0.1, -0.05) is 140 Å². The van der Waals surface area contributed by atoms with Crippen molar-refractivity contribution in [1.29, 1.82) is 0 Å². The van der Waals surface area contributed by atoms with Crippen LogP contribution in [0.3, 0.4) is 0 Å². The third-order valence-electron chi connectivity index (χ3n) is 12.1. The van der Waals surface area contributed by atoms with Gasteiger partial charge in [0.2, 0.25) is 23.6 Å². The lowest BCUT2D eigenvalue weighted by molar-refractivity contribution is 0.521. The van der Waals surface area contributed by atoms with Crippen LogP contribution in [0.25, 0.3) is 45.5 Å². The average Bonchev–Trinajstić information content (AvgIpc) is 3.95. The molecule has 2 aromatic heterocycles. The normalized spacial score (nSPS) is 19.5. The van der Waals surface area contributed by atoms with Crippen molar-refractivity contribution in [2.75, 3.05) is 0 Å². The molecule has 8 rings (SSSR count). The Hall–Kier alpha value is -6.14. The van der Waals surface area contributed by atoms with E-state index in [2.05, 4.69) is 199 Å². The molecule has 6 heteroatoms. The van der Waals surface area contributed by atoms with Crippen LogP contribution in [0.1, 0.15) is 108 Å². The molecule has 58 heavy (non-hydrogen) atoms. The molecule has 0 saturated carbocycles. The molecular weight excluding hydrogens is 713 g/mol. The monoisotopic (exact) mass is 764 g/mol. The molecule has 0 aliphatic heterocycles. The van der Waals surface area contributed by atoms with Gasteiger partial charge in [-0.3, -0.25) is 0 Å². The fourth-order valence-electron chi connectivity index (χ4n) is 8.68. The van der Waals surface area contributed by atoms with Crippen LogP contribution in [0, 0.1) is 0 Å². The highest BCUT2D eigenvalue weighted by molar-refractivity contribution is 5.82. The van der Waals surface area contributed by atoms with E-state index in [9.17, 15) is 0 Å². The van der Waals surface area contributed by atoms with Gasteiger partial charge in [-0.2, -0.15) is 0 Å². The Labute approximate surface area is 342 Å². The maximum absolute atomic E-state index is 6.44. The molecule has 6 aromatic rings. The van der Waals surface area contributed by atoms with E-state index >= 15 is 0 Å². The molecule has 292 valence electrons. The first-order chi connectivity index (χ1) is 27.6. The Bertz CT molecular complexity index is 2650. The molecule has 0 radical (unpaired) electrons. The quantitative estimate of drug-likeness (QED) is 0.144. The molecule has 0 bridgehead atoms. The summed E-state index contributed by atoms with van der Waals surface area (Å²) in [5, 5.41) is 18.2. The summed E-state index contributed by atoms with van der Waals surface area (Å²) in [7, 11) is 0. The second kappa shape index (κ2) is 14.4. The molecule has 0 amide bonds. The predicted molar refractivity (Wildman–Crippen MR) is 236 cm³/mol. The van der Waals surface area contributed by atoms with Crippen LogP contribution < -0.4 is 0 Å². The van der Waals surface area contributed by atoms with Crippen LogP contribution in [-0.2, 0) is 21.7 Å². The molecule has 4 aromatic carbocycles. The zero-order valence-corrected chi connectivity index (χ0v) is 35.1. The summed E-state index contributed by atoms with van der Waals surface area (Å²) < 4.78 is 12.9. The Kier molecular flexibility index (Phi) is 9.58. The highest BCUT2D eigenvalue weighted by atomic mass is 16.4. The third kappa shape index (κ3) is 6.74. The summed E-state index contributed by atoms with van der Waals surface area (Å²) in [5.74, 6) is 1.98. The van der Waals surface area contributed by atoms with Crippen molar-refractivity contribution in [3.63, 3.8) is 0 Å². The highest BCUT2D eigenvalue weighted by Crippen LogP contribution is 2.61. The highest BCUT2D eigenvalue weighted by Gasteiger charge is 2.53. The molecule has 6 nitrogen and oxygen atoms in total. The van der Waals surface area contributed by atoms with Gasteiger partial charge >= 0.3 is 0 Å². The van der Waals surface area contributed by atoms with Crippen LogP contribution in [0.4, 0.5) is 0 Å². The summed E-state index contributed by atoms with van der Waals surface area (Å²) in [4.78, 5) is 0. The molecule has 0 spiro atoms. The second-order valence-electron chi connectivity index (χ2n) is 18.1. The Morgan fingerprint density at radius 2 is 1.16 bits per heavy atom. The van der Waals surface area contributed by atoms with Crippen molar-refractivity contribution in [2.24, 2.45) is 0 Å². The number of fused-ring (bicyclic) bond motifs is 3. The first kappa shape index (κ1) is 38.7. The van der Waals surface area contributed by atoms with Crippen molar-refractivity contribution in [3.8, 4) is 34.4 Å². The van der Waals surface area contributed by atoms with Crippen molar-refractivity contribution in [3.05, 3.63) is 179 Å². The lowest BCUT2D eigenvalue weighted by atomic mass is 9.65. The Morgan fingerprint density at radius 1 is 0.638 bits per heavy atom. The van der Waals surface area contributed by atoms with Crippen molar-refractivity contribution < 1.29 is 8.83 Å². The van der Waals surface area contributed by atoms with E-state index in [1.54, 1.807) is 6.08 Å². The van der Waals surface area contributed by atoms with E-state index < -0.39 is 5.41 Å². The van der Waals surface area contributed by atoms with Crippen LogP contribution >= 0.6 is 0 Å². The SMILES string of the molecule is C=C/C=C\C=C(/C)c1ccc(-c2nnc(-c3ccc(C(C)(C)C)cc3)o2)cc1C1(C)C2=CC(c3nnc(-c4ccc(C(C)(C)C)cc4)o3)=CCC2(C)c2ccccc21. The number of benzene rings is 4. The summed E-state index contributed by atoms with van der Waals surface area (Å²) in [5.41, 5.74) is 12.6. The summed E-state index contributed by atoms with van der Waals surface area (Å²) in [6.07, 6.45) is 13.3. The van der Waals surface area contributed by atoms with Gasteiger partial charge in [-0.25, -0.2) is 0 Å². The van der Waals surface area contributed by atoms with E-state index in [-0.39, 0.29) is 16.2 Å². The average molecular weight is 765 g/mol. The minimum absolute atomic E-state index is 0.0489. The molecule has 2 aliphatic rings. The topological polar surface area (TPSA) is 77.8 Å². The first-order valence-electron chi connectivity index (χ1n) is 20.1. The number of hydrogen-bond donors (Lipinski definition) is 0. The van der Waals surface area contributed by atoms with Crippen LogP contribution in [0.2, 0.25) is 0 Å². The number of hydrogen-bond acceptors (Lipinski definition) is 6. The minimum Gasteiger partial charge on any atom is -0.416 e. The zero-order valence-electron chi connectivity index (χ0n) is 35.1. The van der Waals surface area contributed by atoms with Gasteiger partial charge in [0.15, 0.2) is 0 Å². The molecule has 0 N–H and O–H groups in total. The second-order valence-corrected chi connectivity index (χ2v) is 18.1. The van der Waals surface area contributed by atoms with Gasteiger partial charge in [0, 0.05) is 33.1 Å². The van der Waals surface area contributed by atoms with Gasteiger partial charge < -0.3 is 8.83 Å². The van der Waals surface area contributed by atoms with Gasteiger partial charge in [0.25, 0.3) is 0 Å². The van der Waals surface area contributed by atoms with E-state index in [4.69, 9.17) is 8.83 Å². The summed E-state index contributed by atoms with van der Waals surface area (Å²) >= 11 is 0. The number of nitrogens with zero attached hydrogens (tertiary/aromatic N) is 4. The summed E-state index contributed by atoms with van der Waals surface area (Å²) in [6, 6.07) is 32.2. The van der Waals surface area contributed by atoms with E-state index in [1.165, 1.54) is 27.8 Å². The number of rotatable bonds is 8. The minimum atomic E-state index is -0.551. The van der Waals surface area contributed by atoms with Gasteiger partial charge in [-0.15, -0.1) is 20.4 Å². The van der Waals surface area contributed by atoms with Crippen LogP contribution in [-0.4, -0.2) is 20.4 Å². The van der Waals surface area contributed by atoms with Gasteiger partial charge in [-0.05, 0) is 118 Å². The van der Waals surface area contributed by atoms with Gasteiger partial charge in [0.05, 0.1) is 0 Å². The van der Waals surface area contributed by atoms with Crippen LogP contribution in [0.5, 0.6) is 0 Å².